The molecule has 1 aromatic carbocycles. The fourth-order valence-electron chi connectivity index (χ4n) is 1.37. The summed E-state index contributed by atoms with van der Waals surface area (Å²) in [5.74, 6) is 0.268. The predicted octanol–water partition coefficient (Wildman–Crippen LogP) is 2.84. The Kier molecular flexibility index (Phi) is 5.79. The summed E-state index contributed by atoms with van der Waals surface area (Å²) in [5, 5.41) is 13.3. The van der Waals surface area contributed by atoms with Crippen molar-refractivity contribution in [1.29, 1.82) is 0 Å². The number of benzene rings is 1. The Morgan fingerprint density at radius 1 is 1.44 bits per heavy atom. The summed E-state index contributed by atoms with van der Waals surface area (Å²) < 4.78 is 0. The minimum atomic E-state index is -0.925. The fraction of sp³-hybridized carbons (Fsp3) is 0.417. The van der Waals surface area contributed by atoms with E-state index in [0.717, 1.165) is 0 Å². The van der Waals surface area contributed by atoms with E-state index < -0.39 is 5.60 Å². The Morgan fingerprint density at radius 3 is 2.67 bits per heavy atom. The maximum Gasteiger partial charge on any atom is 0.251 e. The van der Waals surface area contributed by atoms with Crippen molar-refractivity contribution in [1.82, 2.24) is 5.32 Å². The zero-order chi connectivity index (χ0) is 13.8. The average Bonchev–Trinajstić information content (AvgIpc) is 2.30. The van der Waals surface area contributed by atoms with Crippen molar-refractivity contribution in [3.8, 4) is 0 Å². The van der Waals surface area contributed by atoms with Crippen LogP contribution in [0.5, 0.6) is 0 Å². The van der Waals surface area contributed by atoms with E-state index in [1.165, 1.54) is 17.8 Å². The summed E-state index contributed by atoms with van der Waals surface area (Å²) in [5.41, 5.74) is -0.505. The minimum absolute atomic E-state index is 0.187. The van der Waals surface area contributed by atoms with E-state index in [4.69, 9.17) is 23.2 Å². The van der Waals surface area contributed by atoms with E-state index in [9.17, 15) is 9.90 Å². The van der Waals surface area contributed by atoms with Crippen molar-refractivity contribution in [2.75, 3.05) is 18.6 Å². The van der Waals surface area contributed by atoms with Crippen LogP contribution in [0.25, 0.3) is 0 Å². The van der Waals surface area contributed by atoms with Gasteiger partial charge in [-0.3, -0.25) is 4.79 Å². The number of amides is 1. The lowest BCUT2D eigenvalue weighted by atomic mass is 10.1. The van der Waals surface area contributed by atoms with Crippen LogP contribution in [-0.4, -0.2) is 35.2 Å². The van der Waals surface area contributed by atoms with E-state index in [0.29, 0.717) is 21.4 Å². The monoisotopic (exact) mass is 307 g/mol. The van der Waals surface area contributed by atoms with Crippen molar-refractivity contribution in [3.63, 3.8) is 0 Å². The van der Waals surface area contributed by atoms with Gasteiger partial charge in [0.2, 0.25) is 0 Å². The number of halogens is 2. The van der Waals surface area contributed by atoms with E-state index in [1.54, 1.807) is 19.1 Å². The molecule has 3 nitrogen and oxygen atoms in total. The number of nitrogens with one attached hydrogen (secondary N) is 1. The number of hydrogen-bond acceptors (Lipinski definition) is 3. The quantitative estimate of drug-likeness (QED) is 0.879. The van der Waals surface area contributed by atoms with Gasteiger partial charge >= 0.3 is 0 Å². The molecule has 100 valence electrons. The van der Waals surface area contributed by atoms with Crippen LogP contribution in [0.2, 0.25) is 10.0 Å². The van der Waals surface area contributed by atoms with E-state index in [-0.39, 0.29) is 12.5 Å². The van der Waals surface area contributed by atoms with Gasteiger partial charge in [-0.2, -0.15) is 11.8 Å². The van der Waals surface area contributed by atoms with Gasteiger partial charge < -0.3 is 10.4 Å². The van der Waals surface area contributed by atoms with Gasteiger partial charge in [0.15, 0.2) is 0 Å². The van der Waals surface area contributed by atoms with Crippen molar-refractivity contribution in [2.45, 2.75) is 12.5 Å². The number of aliphatic hydroxyl groups is 1. The largest absolute Gasteiger partial charge is 0.387 e. The molecule has 1 aromatic rings. The van der Waals surface area contributed by atoms with Crippen LogP contribution in [0.1, 0.15) is 17.3 Å². The highest BCUT2D eigenvalue weighted by Crippen LogP contribution is 2.22. The molecule has 0 radical (unpaired) electrons. The van der Waals surface area contributed by atoms with Gasteiger partial charge in [-0.1, -0.05) is 23.2 Å². The summed E-state index contributed by atoms with van der Waals surface area (Å²) in [6.45, 7) is 1.87. The standard InChI is InChI=1S/C12H15Cl2NO2S/c1-12(17,7-18-2)6-15-11(16)8-3-4-9(13)10(14)5-8/h3-5,17H,6-7H2,1-2H3,(H,15,16). The molecule has 0 spiro atoms. The first-order valence-electron chi connectivity index (χ1n) is 5.30. The molecule has 0 saturated carbocycles. The Labute approximate surface area is 121 Å². The van der Waals surface area contributed by atoms with Gasteiger partial charge in [0, 0.05) is 17.9 Å². The SMILES string of the molecule is CSCC(C)(O)CNC(=O)c1ccc(Cl)c(Cl)c1. The molecule has 2 N–H and O–H groups in total. The lowest BCUT2D eigenvalue weighted by Crippen LogP contribution is -2.42. The van der Waals surface area contributed by atoms with Gasteiger partial charge in [-0.05, 0) is 31.4 Å². The zero-order valence-electron chi connectivity index (χ0n) is 10.2. The Balaban J connectivity index is 2.63. The van der Waals surface area contributed by atoms with Crippen LogP contribution in [0, 0.1) is 0 Å². The molecular formula is C12H15Cl2NO2S. The average molecular weight is 308 g/mol. The van der Waals surface area contributed by atoms with Crippen LogP contribution >= 0.6 is 35.0 Å². The first kappa shape index (κ1) is 15.6. The molecule has 0 aliphatic rings. The van der Waals surface area contributed by atoms with Crippen molar-refractivity contribution < 1.29 is 9.90 Å². The molecule has 18 heavy (non-hydrogen) atoms. The normalized spacial score (nSPS) is 14.1. The second kappa shape index (κ2) is 6.66. The zero-order valence-corrected chi connectivity index (χ0v) is 12.5. The third-order valence-corrected chi connectivity index (χ3v) is 3.92. The molecule has 6 heteroatoms. The first-order chi connectivity index (χ1) is 8.35. The van der Waals surface area contributed by atoms with Gasteiger partial charge in [0.05, 0.1) is 15.6 Å². The minimum Gasteiger partial charge on any atom is -0.387 e. The molecule has 0 aliphatic heterocycles. The van der Waals surface area contributed by atoms with E-state index in [2.05, 4.69) is 5.32 Å². The van der Waals surface area contributed by atoms with E-state index >= 15 is 0 Å². The van der Waals surface area contributed by atoms with E-state index in [1.807, 2.05) is 6.26 Å². The molecular weight excluding hydrogens is 293 g/mol. The Hall–Kier alpha value is -0.420. The van der Waals surface area contributed by atoms with Crippen LogP contribution in [0.3, 0.4) is 0 Å². The molecule has 1 unspecified atom stereocenters. The predicted molar refractivity (Wildman–Crippen MR) is 77.8 cm³/mol. The number of hydrogen-bond donors (Lipinski definition) is 2. The highest BCUT2D eigenvalue weighted by atomic mass is 35.5. The molecule has 0 heterocycles. The van der Waals surface area contributed by atoms with Crippen LogP contribution in [0.15, 0.2) is 18.2 Å². The summed E-state index contributed by atoms with van der Waals surface area (Å²) >= 11 is 13.1. The van der Waals surface area contributed by atoms with Gasteiger partial charge in [-0.25, -0.2) is 0 Å². The van der Waals surface area contributed by atoms with Crippen molar-refractivity contribution in [2.24, 2.45) is 0 Å². The third kappa shape index (κ3) is 4.69. The van der Waals surface area contributed by atoms with Crippen molar-refractivity contribution in [3.05, 3.63) is 33.8 Å². The second-order valence-corrected chi connectivity index (χ2v) is 5.92. The smallest absolute Gasteiger partial charge is 0.251 e. The molecule has 1 atom stereocenters. The topological polar surface area (TPSA) is 49.3 Å². The summed E-state index contributed by atoms with van der Waals surface area (Å²) in [6.07, 6.45) is 1.90. The maximum absolute atomic E-state index is 11.8. The highest BCUT2D eigenvalue weighted by molar-refractivity contribution is 7.98. The summed E-state index contributed by atoms with van der Waals surface area (Å²) in [6, 6.07) is 4.66. The first-order valence-corrected chi connectivity index (χ1v) is 7.45. The molecule has 1 rings (SSSR count). The number of carbonyl (C=O) groups is 1. The lowest BCUT2D eigenvalue weighted by Gasteiger charge is -2.22. The Morgan fingerprint density at radius 2 is 2.11 bits per heavy atom. The summed E-state index contributed by atoms with van der Waals surface area (Å²) in [4.78, 5) is 11.8. The van der Waals surface area contributed by atoms with Crippen LogP contribution in [0.4, 0.5) is 0 Å². The van der Waals surface area contributed by atoms with Gasteiger partial charge in [0.1, 0.15) is 0 Å². The Bertz CT molecular complexity index is 438. The number of rotatable bonds is 5. The fourth-order valence-corrected chi connectivity index (χ4v) is 2.39. The van der Waals surface area contributed by atoms with Crippen molar-refractivity contribution >= 4 is 40.9 Å². The molecule has 0 aromatic heterocycles. The second-order valence-electron chi connectivity index (χ2n) is 4.24. The van der Waals surface area contributed by atoms with Gasteiger partial charge in [-0.15, -0.1) is 0 Å². The molecule has 1 amide bonds. The molecule has 0 fully saturated rings. The number of thioether (sulfide) groups is 1. The molecule has 0 saturated heterocycles. The van der Waals surface area contributed by atoms with Gasteiger partial charge in [0.25, 0.3) is 5.91 Å². The maximum atomic E-state index is 11.8. The highest BCUT2D eigenvalue weighted by Gasteiger charge is 2.20. The van der Waals surface area contributed by atoms with Crippen LogP contribution in [-0.2, 0) is 0 Å². The van der Waals surface area contributed by atoms with Crippen LogP contribution < -0.4 is 5.32 Å². The molecule has 0 bridgehead atoms. The third-order valence-electron chi connectivity index (χ3n) is 2.27. The molecule has 0 aliphatic carbocycles. The lowest BCUT2D eigenvalue weighted by molar-refractivity contribution is 0.0725. The number of carbonyl (C=O) groups excluding carboxylic acids is 1. The summed E-state index contributed by atoms with van der Waals surface area (Å²) in [7, 11) is 0.